The molecule has 0 bridgehead atoms. The summed E-state index contributed by atoms with van der Waals surface area (Å²) in [5, 5.41) is 22.3. The van der Waals surface area contributed by atoms with Gasteiger partial charge in [0.2, 0.25) is 6.41 Å². The van der Waals surface area contributed by atoms with Gasteiger partial charge in [0.1, 0.15) is 0 Å². The molecular weight excluding hydrogens is 458 g/mol. The van der Waals surface area contributed by atoms with E-state index >= 15 is 0 Å². The van der Waals surface area contributed by atoms with Crippen LogP contribution in [0.4, 0.5) is 0 Å². The summed E-state index contributed by atoms with van der Waals surface area (Å²) in [6.45, 7) is 5.55. The van der Waals surface area contributed by atoms with E-state index in [1.54, 1.807) is 29.2 Å². The Balaban J connectivity index is 0.000000350. The predicted molar refractivity (Wildman–Crippen MR) is 110 cm³/mol. The third kappa shape index (κ3) is 4.97. The van der Waals surface area contributed by atoms with Crippen molar-refractivity contribution in [3.63, 3.8) is 0 Å². The average Bonchev–Trinajstić information content (AvgIpc) is 2.73. The molecule has 2 aliphatic carbocycles. The van der Waals surface area contributed by atoms with E-state index in [2.05, 4.69) is 0 Å². The Labute approximate surface area is 213 Å². The minimum Gasteiger partial charge on any atom is -0.545 e. The van der Waals surface area contributed by atoms with Crippen LogP contribution in [0.3, 0.4) is 0 Å². The van der Waals surface area contributed by atoms with Gasteiger partial charge >= 0.3 is 45.5 Å². The molecule has 0 N–H and O–H groups in total. The predicted octanol–water partition coefficient (Wildman–Crippen LogP) is 0.382. The van der Waals surface area contributed by atoms with Crippen LogP contribution in [0.2, 0.25) is 0 Å². The summed E-state index contributed by atoms with van der Waals surface area (Å²) >= 11 is 0. The van der Waals surface area contributed by atoms with Gasteiger partial charge in [-0.25, -0.2) is 0 Å². The zero-order valence-corrected chi connectivity index (χ0v) is 20.8. The van der Waals surface area contributed by atoms with Crippen LogP contribution in [-0.2, 0) is 30.5 Å². The van der Waals surface area contributed by atoms with Crippen LogP contribution in [0.1, 0.15) is 56.8 Å². The van der Waals surface area contributed by atoms with Crippen molar-refractivity contribution in [1.29, 1.82) is 0 Å². The first-order valence-corrected chi connectivity index (χ1v) is 9.83. The molecule has 7 heteroatoms. The number of benzene rings is 2. The van der Waals surface area contributed by atoms with Crippen molar-refractivity contribution < 1.29 is 24.6 Å². The second-order valence-electron chi connectivity index (χ2n) is 7.24. The van der Waals surface area contributed by atoms with Crippen LogP contribution < -0.4 is 10.2 Å². The number of hydrogen-bond donors (Lipinski definition) is 0. The molecule has 2 aliphatic rings. The molecule has 152 valence electrons. The number of carbonyl (C=O) groups is 3. The van der Waals surface area contributed by atoms with E-state index in [0.29, 0.717) is 25.7 Å². The minimum atomic E-state index is -1.15. The first-order chi connectivity index (χ1) is 13.9. The molecule has 30 heavy (non-hydrogen) atoms. The van der Waals surface area contributed by atoms with Gasteiger partial charge in [-0.2, -0.15) is 0 Å². The van der Waals surface area contributed by atoms with E-state index in [0.717, 1.165) is 52.9 Å². The third-order valence-corrected chi connectivity index (χ3v) is 5.61. The van der Waals surface area contributed by atoms with Gasteiger partial charge in [0.15, 0.2) is 0 Å². The molecule has 0 fully saturated rings. The van der Waals surface area contributed by atoms with Gasteiger partial charge in [-0.15, -0.1) is 0 Å². The SMILES string of the molecule is CCN(C=O)CC.O=C([O-])c1cc2c3c(c1)CCc1cc(C(=O)[O-])cc(c1-3)CC2.[Sr+2]. The molecule has 0 spiro atoms. The fourth-order valence-electron chi connectivity index (χ4n) is 4.11. The number of carboxylic acid groups (broad SMARTS) is 2. The maximum absolute atomic E-state index is 11.2. The van der Waals surface area contributed by atoms with Crippen molar-refractivity contribution in [2.75, 3.05) is 13.1 Å². The summed E-state index contributed by atoms with van der Waals surface area (Å²) < 4.78 is 0. The molecule has 0 unspecified atom stereocenters. The second-order valence-corrected chi connectivity index (χ2v) is 7.24. The van der Waals surface area contributed by atoms with Crippen LogP contribution in [0.5, 0.6) is 0 Å². The number of carbonyl (C=O) groups excluding carboxylic acids is 3. The van der Waals surface area contributed by atoms with Gasteiger partial charge in [-0.1, -0.05) is 0 Å². The molecule has 1 amide bonds. The van der Waals surface area contributed by atoms with Gasteiger partial charge in [-0.3, -0.25) is 4.79 Å². The van der Waals surface area contributed by atoms with Crippen molar-refractivity contribution in [2.24, 2.45) is 0 Å². The number of nitrogens with zero attached hydrogens (tertiary/aromatic N) is 1. The molecule has 6 nitrogen and oxygen atoms in total. The van der Waals surface area contributed by atoms with Crippen LogP contribution in [0.15, 0.2) is 24.3 Å². The van der Waals surface area contributed by atoms with Gasteiger partial charge < -0.3 is 24.7 Å². The van der Waals surface area contributed by atoms with Crippen LogP contribution in [0.25, 0.3) is 11.1 Å². The summed E-state index contributed by atoms with van der Waals surface area (Å²) in [6.07, 6.45) is 3.72. The quantitative estimate of drug-likeness (QED) is 0.455. The number of aromatic carboxylic acids is 2. The molecule has 4 rings (SSSR count). The summed E-state index contributed by atoms with van der Waals surface area (Å²) in [5.74, 6) is -2.30. The maximum atomic E-state index is 11.2. The van der Waals surface area contributed by atoms with Crippen LogP contribution >= 0.6 is 0 Å². The molecule has 2 aromatic rings. The largest absolute Gasteiger partial charge is 2.00 e. The van der Waals surface area contributed by atoms with Crippen LogP contribution in [0, 0.1) is 0 Å². The normalized spacial score (nSPS) is 12.5. The van der Waals surface area contributed by atoms with E-state index in [4.69, 9.17) is 0 Å². The fourth-order valence-corrected chi connectivity index (χ4v) is 4.11. The van der Waals surface area contributed by atoms with E-state index in [9.17, 15) is 24.6 Å². The zero-order valence-electron chi connectivity index (χ0n) is 17.3. The molecule has 0 atom stereocenters. The van der Waals surface area contributed by atoms with Gasteiger partial charge in [-0.05, 0) is 108 Å². The first kappa shape index (κ1) is 24.6. The number of rotatable bonds is 5. The monoisotopic (exact) mass is 481 g/mol. The smallest absolute Gasteiger partial charge is 0.545 e. The molecule has 0 radical (unpaired) electrons. The fraction of sp³-hybridized carbons (Fsp3) is 0.348. The van der Waals surface area contributed by atoms with Crippen LogP contribution in [-0.4, -0.2) is 81.8 Å². The topological polar surface area (TPSA) is 101 Å². The summed E-state index contributed by atoms with van der Waals surface area (Å²) in [5.41, 5.74) is 6.73. The molecule has 0 saturated carbocycles. The zero-order chi connectivity index (χ0) is 21.1. The van der Waals surface area contributed by atoms with Gasteiger partial charge in [0, 0.05) is 13.1 Å². The summed E-state index contributed by atoms with van der Waals surface area (Å²) in [7, 11) is 0. The number of hydrogen-bond acceptors (Lipinski definition) is 5. The number of aryl methyl sites for hydroxylation is 4. The van der Waals surface area contributed by atoms with Crippen molar-refractivity contribution in [3.05, 3.63) is 57.6 Å². The Morgan fingerprint density at radius 1 is 0.800 bits per heavy atom. The Morgan fingerprint density at radius 2 is 1.10 bits per heavy atom. The van der Waals surface area contributed by atoms with E-state index in [-0.39, 0.29) is 56.6 Å². The Bertz CT molecular complexity index is 860. The van der Waals surface area contributed by atoms with Crippen molar-refractivity contribution in [1.82, 2.24) is 4.90 Å². The van der Waals surface area contributed by atoms with E-state index < -0.39 is 11.9 Å². The Hall–Kier alpha value is -1.67. The molecular formula is C23H23NO5Sr. The van der Waals surface area contributed by atoms with Gasteiger partial charge in [0.25, 0.3) is 0 Å². The third-order valence-electron chi connectivity index (χ3n) is 5.61. The summed E-state index contributed by atoms with van der Waals surface area (Å²) in [6, 6.07) is 6.77. The Morgan fingerprint density at radius 3 is 1.27 bits per heavy atom. The molecule has 0 aromatic heterocycles. The maximum Gasteiger partial charge on any atom is 2.00 e. The minimum absolute atomic E-state index is 0. The molecule has 0 aliphatic heterocycles. The molecule has 0 heterocycles. The van der Waals surface area contributed by atoms with Gasteiger partial charge in [0.05, 0.1) is 11.9 Å². The number of amides is 1. The van der Waals surface area contributed by atoms with Crippen molar-refractivity contribution in [2.45, 2.75) is 39.5 Å². The average molecular weight is 481 g/mol. The first-order valence-electron chi connectivity index (χ1n) is 9.83. The summed E-state index contributed by atoms with van der Waals surface area (Å²) in [4.78, 5) is 33.9. The van der Waals surface area contributed by atoms with E-state index in [1.807, 2.05) is 13.8 Å². The molecule has 2 aromatic carbocycles. The van der Waals surface area contributed by atoms with E-state index in [1.165, 1.54) is 0 Å². The van der Waals surface area contributed by atoms with Crippen molar-refractivity contribution >= 4 is 63.8 Å². The standard InChI is InChI=1S/C18H14O4.C5H11NO.Sr/c19-17(20)13-5-9-1-2-10-6-14(18(21)22)8-12-4-3-11(7-13)15(9)16(10)12;1-3-6(4-2)5-7;/h5-8H,1-4H2,(H,19,20)(H,21,22);5H,3-4H2,1-2H3;/q;;+2/p-2. The second kappa shape index (κ2) is 10.6. The molecule has 0 saturated heterocycles. The number of carboxylic acids is 2. The van der Waals surface area contributed by atoms with Crippen molar-refractivity contribution in [3.8, 4) is 11.1 Å². The Kier molecular flexibility index (Phi) is 8.67.